The number of hydrogen-bond acceptors (Lipinski definition) is 2. The van der Waals surface area contributed by atoms with E-state index in [1.54, 1.807) is 0 Å². The molecule has 16 heavy (non-hydrogen) atoms. The molecule has 1 saturated heterocycles. The van der Waals surface area contributed by atoms with E-state index in [-0.39, 0.29) is 0 Å². The van der Waals surface area contributed by atoms with Gasteiger partial charge in [0.15, 0.2) is 0 Å². The Morgan fingerprint density at radius 3 is 2.50 bits per heavy atom. The Morgan fingerprint density at radius 1 is 1.25 bits per heavy atom. The van der Waals surface area contributed by atoms with Crippen LogP contribution in [0.15, 0.2) is 0 Å². The minimum absolute atomic E-state index is 0.447. The van der Waals surface area contributed by atoms with Crippen molar-refractivity contribution in [2.24, 2.45) is 5.92 Å². The van der Waals surface area contributed by atoms with Crippen molar-refractivity contribution in [2.75, 3.05) is 6.54 Å². The molecule has 1 aliphatic heterocycles. The van der Waals surface area contributed by atoms with Crippen molar-refractivity contribution < 1.29 is 4.74 Å². The summed E-state index contributed by atoms with van der Waals surface area (Å²) < 4.78 is 6.03. The van der Waals surface area contributed by atoms with Crippen molar-refractivity contribution in [3.8, 4) is 0 Å². The van der Waals surface area contributed by atoms with Crippen LogP contribution < -0.4 is 5.32 Å². The van der Waals surface area contributed by atoms with Crippen molar-refractivity contribution in [1.29, 1.82) is 0 Å². The van der Waals surface area contributed by atoms with Gasteiger partial charge in [-0.2, -0.15) is 0 Å². The lowest BCUT2D eigenvalue weighted by Crippen LogP contribution is -2.45. The zero-order valence-corrected chi connectivity index (χ0v) is 11.5. The first-order valence-corrected chi connectivity index (χ1v) is 7.07. The standard InChI is InChI=1S/C14H29NO/c1-5-7-11(3)14(15-10-6-2)13-9-8-12(4)16-13/h11-15H,5-10H2,1-4H3. The van der Waals surface area contributed by atoms with Gasteiger partial charge in [-0.15, -0.1) is 0 Å². The summed E-state index contributed by atoms with van der Waals surface area (Å²) in [5.74, 6) is 0.729. The lowest BCUT2D eigenvalue weighted by molar-refractivity contribution is 0.0181. The fourth-order valence-electron chi connectivity index (χ4n) is 2.74. The van der Waals surface area contributed by atoms with E-state index in [1.807, 2.05) is 0 Å². The predicted molar refractivity (Wildman–Crippen MR) is 69.7 cm³/mol. The van der Waals surface area contributed by atoms with Gasteiger partial charge in [0.25, 0.3) is 0 Å². The number of ether oxygens (including phenoxy) is 1. The molecule has 1 N–H and O–H groups in total. The first kappa shape index (κ1) is 14.0. The van der Waals surface area contributed by atoms with Gasteiger partial charge in [-0.25, -0.2) is 0 Å². The number of hydrogen-bond donors (Lipinski definition) is 1. The first-order valence-electron chi connectivity index (χ1n) is 7.07. The fraction of sp³-hybridized carbons (Fsp3) is 1.00. The molecule has 0 aliphatic carbocycles. The molecular weight excluding hydrogens is 198 g/mol. The van der Waals surface area contributed by atoms with Crippen LogP contribution in [0.1, 0.15) is 59.8 Å². The highest BCUT2D eigenvalue weighted by molar-refractivity contribution is 4.86. The van der Waals surface area contributed by atoms with Crippen molar-refractivity contribution in [3.05, 3.63) is 0 Å². The van der Waals surface area contributed by atoms with E-state index >= 15 is 0 Å². The van der Waals surface area contributed by atoms with Crippen molar-refractivity contribution >= 4 is 0 Å². The summed E-state index contributed by atoms with van der Waals surface area (Å²) in [4.78, 5) is 0. The maximum Gasteiger partial charge on any atom is 0.0735 e. The maximum atomic E-state index is 6.03. The Hall–Kier alpha value is -0.0800. The summed E-state index contributed by atoms with van der Waals surface area (Å²) in [6, 6.07) is 0.560. The molecule has 0 aromatic carbocycles. The summed E-state index contributed by atoms with van der Waals surface area (Å²) in [5, 5.41) is 3.69. The molecule has 96 valence electrons. The predicted octanol–water partition coefficient (Wildman–Crippen LogP) is 3.36. The smallest absolute Gasteiger partial charge is 0.0735 e. The summed E-state index contributed by atoms with van der Waals surface area (Å²) in [6.07, 6.45) is 7.15. The largest absolute Gasteiger partial charge is 0.374 e. The van der Waals surface area contributed by atoms with E-state index in [1.165, 1.54) is 32.1 Å². The molecule has 1 rings (SSSR count). The van der Waals surface area contributed by atoms with Gasteiger partial charge in [-0.1, -0.05) is 27.2 Å². The monoisotopic (exact) mass is 227 g/mol. The highest BCUT2D eigenvalue weighted by Gasteiger charge is 2.32. The highest BCUT2D eigenvalue weighted by Crippen LogP contribution is 2.26. The van der Waals surface area contributed by atoms with Gasteiger partial charge in [-0.3, -0.25) is 0 Å². The van der Waals surface area contributed by atoms with Crippen molar-refractivity contribution in [3.63, 3.8) is 0 Å². The zero-order chi connectivity index (χ0) is 12.0. The third-order valence-corrected chi connectivity index (χ3v) is 3.65. The average Bonchev–Trinajstić information content (AvgIpc) is 2.66. The Kier molecular flexibility index (Phi) is 6.37. The fourth-order valence-corrected chi connectivity index (χ4v) is 2.74. The summed E-state index contributed by atoms with van der Waals surface area (Å²) in [5.41, 5.74) is 0. The van der Waals surface area contributed by atoms with Gasteiger partial charge in [0.2, 0.25) is 0 Å². The van der Waals surface area contributed by atoms with Crippen LogP contribution in [0.2, 0.25) is 0 Å². The molecule has 1 fully saturated rings. The van der Waals surface area contributed by atoms with Gasteiger partial charge in [-0.05, 0) is 45.1 Å². The third kappa shape index (κ3) is 4.06. The van der Waals surface area contributed by atoms with E-state index in [0.29, 0.717) is 18.2 Å². The van der Waals surface area contributed by atoms with E-state index in [9.17, 15) is 0 Å². The Labute approximate surface area is 101 Å². The van der Waals surface area contributed by atoms with Gasteiger partial charge in [0.1, 0.15) is 0 Å². The highest BCUT2D eigenvalue weighted by atomic mass is 16.5. The topological polar surface area (TPSA) is 21.3 Å². The minimum atomic E-state index is 0.447. The van der Waals surface area contributed by atoms with Crippen molar-refractivity contribution in [2.45, 2.75) is 78.0 Å². The SMILES string of the molecule is CCCNC(C(C)CCC)C1CCC(C)O1. The van der Waals surface area contributed by atoms with Crippen LogP contribution in [0.25, 0.3) is 0 Å². The lowest BCUT2D eigenvalue weighted by atomic mass is 9.91. The van der Waals surface area contributed by atoms with Crippen LogP contribution in [0.4, 0.5) is 0 Å². The van der Waals surface area contributed by atoms with Crippen LogP contribution >= 0.6 is 0 Å². The van der Waals surface area contributed by atoms with Crippen LogP contribution in [0, 0.1) is 5.92 Å². The number of nitrogens with one attached hydrogen (secondary N) is 1. The van der Waals surface area contributed by atoms with E-state index in [2.05, 4.69) is 33.0 Å². The summed E-state index contributed by atoms with van der Waals surface area (Å²) in [6.45, 7) is 10.2. The second kappa shape index (κ2) is 7.29. The third-order valence-electron chi connectivity index (χ3n) is 3.65. The Bertz CT molecular complexity index is 184. The molecule has 1 heterocycles. The minimum Gasteiger partial charge on any atom is -0.374 e. The lowest BCUT2D eigenvalue weighted by Gasteiger charge is -2.30. The molecule has 0 amide bonds. The van der Waals surface area contributed by atoms with E-state index in [0.717, 1.165) is 12.5 Å². The average molecular weight is 227 g/mol. The van der Waals surface area contributed by atoms with Crippen molar-refractivity contribution in [1.82, 2.24) is 5.32 Å². The molecule has 4 unspecified atom stereocenters. The van der Waals surface area contributed by atoms with Crippen LogP contribution in [-0.4, -0.2) is 24.8 Å². The maximum absolute atomic E-state index is 6.03. The second-order valence-electron chi connectivity index (χ2n) is 5.31. The van der Waals surface area contributed by atoms with Gasteiger partial charge in [0.05, 0.1) is 12.2 Å². The molecule has 4 atom stereocenters. The summed E-state index contributed by atoms with van der Waals surface area (Å²) in [7, 11) is 0. The molecule has 2 heteroatoms. The molecule has 0 radical (unpaired) electrons. The molecule has 1 aliphatic rings. The molecular formula is C14H29NO. The first-order chi connectivity index (χ1) is 7.69. The summed E-state index contributed by atoms with van der Waals surface area (Å²) >= 11 is 0. The molecule has 0 bridgehead atoms. The van der Waals surface area contributed by atoms with Gasteiger partial charge < -0.3 is 10.1 Å². The molecule has 0 saturated carbocycles. The van der Waals surface area contributed by atoms with Crippen LogP contribution in [-0.2, 0) is 4.74 Å². The normalized spacial score (nSPS) is 29.2. The second-order valence-corrected chi connectivity index (χ2v) is 5.31. The van der Waals surface area contributed by atoms with E-state index < -0.39 is 0 Å². The van der Waals surface area contributed by atoms with E-state index in [4.69, 9.17) is 4.74 Å². The molecule has 0 aromatic heterocycles. The van der Waals surface area contributed by atoms with Crippen LogP contribution in [0.3, 0.4) is 0 Å². The number of rotatable bonds is 7. The van der Waals surface area contributed by atoms with Gasteiger partial charge in [0, 0.05) is 6.04 Å². The Morgan fingerprint density at radius 2 is 2.00 bits per heavy atom. The van der Waals surface area contributed by atoms with Gasteiger partial charge >= 0.3 is 0 Å². The quantitative estimate of drug-likeness (QED) is 0.720. The van der Waals surface area contributed by atoms with Crippen LogP contribution in [0.5, 0.6) is 0 Å². The molecule has 0 spiro atoms. The molecule has 2 nitrogen and oxygen atoms in total. The Balaban J connectivity index is 2.48. The zero-order valence-electron chi connectivity index (χ0n) is 11.5. The molecule has 0 aromatic rings.